The highest BCUT2D eigenvalue weighted by Gasteiger charge is 2.23. The number of hydrogen-bond donors (Lipinski definition) is 1. The van der Waals surface area contributed by atoms with Gasteiger partial charge in [0.2, 0.25) is 0 Å². The molecular formula is C25H43N4O4S2-. The van der Waals surface area contributed by atoms with Gasteiger partial charge in [-0.25, -0.2) is 4.72 Å². The van der Waals surface area contributed by atoms with Gasteiger partial charge < -0.3 is 13.8 Å². The number of benzene rings is 1. The van der Waals surface area contributed by atoms with Crippen LogP contribution in [0.2, 0.25) is 0 Å². The van der Waals surface area contributed by atoms with E-state index >= 15 is 0 Å². The highest BCUT2D eigenvalue weighted by Crippen LogP contribution is 2.25. The third kappa shape index (κ3) is 9.74. The van der Waals surface area contributed by atoms with E-state index in [-0.39, 0.29) is 0 Å². The standard InChI is InChI=1S/C25H44N4O4S2/c1-23-12-14-25(15-13-23)29(34(30)31)21-9-18-27(22-24-10-4-2-5-11-24)17-8-16-26-35(32,33)28-19-6-3-7-20-28/h12-15,24,26H,2-11,16-22H2,1H3,(H,30,31)/p-1. The Morgan fingerprint density at radius 1 is 0.971 bits per heavy atom. The van der Waals surface area contributed by atoms with E-state index in [1.807, 2.05) is 31.2 Å². The molecule has 0 aromatic heterocycles. The summed E-state index contributed by atoms with van der Waals surface area (Å²) < 4.78 is 54.6. The predicted molar refractivity (Wildman–Crippen MR) is 142 cm³/mol. The molecule has 1 saturated carbocycles. The van der Waals surface area contributed by atoms with Crippen molar-refractivity contribution in [2.24, 2.45) is 5.92 Å². The fourth-order valence-electron chi connectivity index (χ4n) is 5.17. The molecule has 1 aromatic rings. The highest BCUT2D eigenvalue weighted by molar-refractivity contribution is 7.87. The number of piperidine rings is 1. The van der Waals surface area contributed by atoms with Gasteiger partial charge in [-0.15, -0.1) is 0 Å². The van der Waals surface area contributed by atoms with Crippen LogP contribution in [0.4, 0.5) is 5.69 Å². The van der Waals surface area contributed by atoms with Crippen LogP contribution in [0.15, 0.2) is 24.3 Å². The maximum atomic E-state index is 12.6. The summed E-state index contributed by atoms with van der Waals surface area (Å²) in [4.78, 5) is 2.41. The summed E-state index contributed by atoms with van der Waals surface area (Å²) >= 11 is -2.32. The monoisotopic (exact) mass is 527 g/mol. The lowest BCUT2D eigenvalue weighted by Crippen LogP contribution is -2.44. The van der Waals surface area contributed by atoms with Crippen molar-refractivity contribution in [2.45, 2.75) is 71.1 Å². The number of rotatable bonds is 14. The summed E-state index contributed by atoms with van der Waals surface area (Å²) in [5.41, 5.74) is 1.79. The van der Waals surface area contributed by atoms with Crippen LogP contribution in [-0.2, 0) is 21.5 Å². The highest BCUT2D eigenvalue weighted by atomic mass is 32.2. The molecule has 0 amide bonds. The molecule has 3 rings (SSSR count). The Bertz CT molecular complexity index is 870. The molecule has 8 nitrogen and oxygen atoms in total. The van der Waals surface area contributed by atoms with E-state index < -0.39 is 21.5 Å². The second kappa shape index (κ2) is 14.6. The van der Waals surface area contributed by atoms with Crippen LogP contribution < -0.4 is 9.03 Å². The molecule has 10 heteroatoms. The van der Waals surface area contributed by atoms with Crippen molar-refractivity contribution < 1.29 is 17.2 Å². The summed E-state index contributed by atoms with van der Waals surface area (Å²) in [5, 5.41) is 0. The summed E-state index contributed by atoms with van der Waals surface area (Å²) in [6, 6.07) is 7.55. The smallest absolute Gasteiger partial charge is 0.279 e. The van der Waals surface area contributed by atoms with E-state index in [4.69, 9.17) is 0 Å². The predicted octanol–water partition coefficient (Wildman–Crippen LogP) is 3.58. The molecule has 2 aliphatic rings. The summed E-state index contributed by atoms with van der Waals surface area (Å²) in [5.74, 6) is 0.677. The maximum Gasteiger partial charge on any atom is 0.279 e. The Morgan fingerprint density at radius 2 is 1.60 bits per heavy atom. The molecule has 0 radical (unpaired) electrons. The molecule has 1 aromatic carbocycles. The zero-order valence-electron chi connectivity index (χ0n) is 21.2. The fraction of sp³-hybridized carbons (Fsp3) is 0.760. The van der Waals surface area contributed by atoms with Gasteiger partial charge in [-0.05, 0) is 76.6 Å². The number of nitrogens with one attached hydrogen (secondary N) is 1. The topological polar surface area (TPSA) is 96.0 Å². The average molecular weight is 528 g/mol. The van der Waals surface area contributed by atoms with Gasteiger partial charge >= 0.3 is 0 Å². The Balaban J connectivity index is 1.49. The minimum Gasteiger partial charge on any atom is -0.755 e. The molecule has 1 aliphatic heterocycles. The maximum absolute atomic E-state index is 12.6. The Kier molecular flexibility index (Phi) is 11.9. The summed E-state index contributed by atoms with van der Waals surface area (Å²) in [6.07, 6.45) is 10.8. The van der Waals surface area contributed by atoms with Crippen molar-refractivity contribution in [2.75, 3.05) is 50.1 Å². The lowest BCUT2D eigenvalue weighted by molar-refractivity contribution is 0.198. The molecule has 0 bridgehead atoms. The summed E-state index contributed by atoms with van der Waals surface area (Å²) in [6.45, 7) is 6.69. The first-order chi connectivity index (χ1) is 16.8. The molecule has 1 N–H and O–H groups in total. The van der Waals surface area contributed by atoms with E-state index in [0.29, 0.717) is 37.8 Å². The van der Waals surface area contributed by atoms with E-state index in [2.05, 4.69) is 9.62 Å². The van der Waals surface area contributed by atoms with Gasteiger partial charge in [0, 0.05) is 49.7 Å². The van der Waals surface area contributed by atoms with E-state index in [9.17, 15) is 17.2 Å². The molecular weight excluding hydrogens is 484 g/mol. The lowest BCUT2D eigenvalue weighted by atomic mass is 9.89. The van der Waals surface area contributed by atoms with Crippen LogP contribution >= 0.6 is 0 Å². The van der Waals surface area contributed by atoms with Crippen LogP contribution in [0.25, 0.3) is 0 Å². The van der Waals surface area contributed by atoms with Crippen molar-refractivity contribution in [3.63, 3.8) is 0 Å². The second-order valence-electron chi connectivity index (χ2n) is 10.0. The minimum absolute atomic E-state index is 0.431. The largest absolute Gasteiger partial charge is 0.755 e. The van der Waals surface area contributed by atoms with E-state index in [1.165, 1.54) is 36.4 Å². The molecule has 35 heavy (non-hydrogen) atoms. The summed E-state index contributed by atoms with van der Waals surface area (Å²) in [7, 11) is -3.39. The van der Waals surface area contributed by atoms with E-state index in [0.717, 1.165) is 57.3 Å². The quantitative estimate of drug-likeness (QED) is 0.295. The first-order valence-corrected chi connectivity index (χ1v) is 15.7. The van der Waals surface area contributed by atoms with Crippen LogP contribution in [0.1, 0.15) is 69.8 Å². The molecule has 0 spiro atoms. The van der Waals surface area contributed by atoms with Crippen molar-refractivity contribution in [3.05, 3.63) is 29.8 Å². The molecule has 1 saturated heterocycles. The molecule has 1 atom stereocenters. The van der Waals surface area contributed by atoms with Gasteiger partial charge in [0.25, 0.3) is 10.2 Å². The van der Waals surface area contributed by atoms with E-state index in [1.54, 1.807) is 4.31 Å². The molecule has 1 aliphatic carbocycles. The van der Waals surface area contributed by atoms with Gasteiger partial charge in [0.05, 0.1) is 0 Å². The van der Waals surface area contributed by atoms with Gasteiger partial charge in [-0.2, -0.15) is 12.7 Å². The molecule has 1 heterocycles. The van der Waals surface area contributed by atoms with Gasteiger partial charge in [-0.1, -0.05) is 43.4 Å². The third-order valence-electron chi connectivity index (χ3n) is 7.17. The van der Waals surface area contributed by atoms with Crippen LogP contribution in [0.3, 0.4) is 0 Å². The van der Waals surface area contributed by atoms with Gasteiger partial charge in [0.15, 0.2) is 0 Å². The Labute approximate surface area is 215 Å². The van der Waals surface area contributed by atoms with Crippen molar-refractivity contribution >= 4 is 27.2 Å². The first-order valence-electron chi connectivity index (χ1n) is 13.3. The van der Waals surface area contributed by atoms with Crippen molar-refractivity contribution in [1.82, 2.24) is 13.9 Å². The number of nitrogens with zero attached hydrogens (tertiary/aromatic N) is 3. The second-order valence-corrected chi connectivity index (χ2v) is 12.7. The number of aryl methyl sites for hydroxylation is 1. The number of anilines is 1. The average Bonchev–Trinajstić information content (AvgIpc) is 2.86. The first kappa shape index (κ1) is 28.5. The zero-order valence-corrected chi connectivity index (χ0v) is 22.8. The van der Waals surface area contributed by atoms with Crippen LogP contribution in [0.5, 0.6) is 0 Å². The minimum atomic E-state index is -3.39. The Hall–Kier alpha value is -1.04. The van der Waals surface area contributed by atoms with Crippen LogP contribution in [0, 0.1) is 12.8 Å². The van der Waals surface area contributed by atoms with Crippen molar-refractivity contribution in [1.29, 1.82) is 0 Å². The zero-order chi connectivity index (χ0) is 25.1. The lowest BCUT2D eigenvalue weighted by Gasteiger charge is -2.31. The molecule has 1 unspecified atom stereocenters. The van der Waals surface area contributed by atoms with Crippen molar-refractivity contribution in [3.8, 4) is 0 Å². The van der Waals surface area contributed by atoms with Gasteiger partial charge in [-0.3, -0.25) is 4.21 Å². The normalized spacial score (nSPS) is 19.2. The fourth-order valence-corrected chi connectivity index (χ4v) is 7.06. The third-order valence-corrected chi connectivity index (χ3v) is 9.54. The molecule has 2 fully saturated rings. The van der Waals surface area contributed by atoms with Gasteiger partial charge in [0.1, 0.15) is 0 Å². The number of hydrogen-bond acceptors (Lipinski definition) is 5. The SMILES string of the molecule is Cc1ccc(N(CCCN(CCCNS(=O)(=O)N2CCCCC2)CC2CCCCC2)S(=O)[O-])cc1. The van der Waals surface area contributed by atoms with Crippen LogP contribution in [-0.4, -0.2) is 72.2 Å². The Morgan fingerprint density at radius 3 is 2.26 bits per heavy atom. The molecule has 200 valence electrons.